The first kappa shape index (κ1) is 19.4. The Hall–Kier alpha value is -2.92. The molecule has 0 bridgehead atoms. The number of aryl methyl sites for hydroxylation is 1. The van der Waals surface area contributed by atoms with Gasteiger partial charge in [0.25, 0.3) is 5.91 Å². The molecule has 0 radical (unpaired) electrons. The summed E-state index contributed by atoms with van der Waals surface area (Å²) in [6.45, 7) is 1.94. The quantitative estimate of drug-likeness (QED) is 0.702. The second kappa shape index (κ2) is 7.84. The number of hydrogen-bond donors (Lipinski definition) is 1. The average molecular weight is 410 g/mol. The van der Waals surface area contributed by atoms with Gasteiger partial charge in [-0.25, -0.2) is 4.98 Å². The van der Waals surface area contributed by atoms with Crippen molar-refractivity contribution in [3.8, 4) is 6.07 Å². The van der Waals surface area contributed by atoms with E-state index in [9.17, 15) is 9.59 Å². The minimum Gasteiger partial charge on any atom is -0.338 e. The number of benzene rings is 1. The summed E-state index contributed by atoms with van der Waals surface area (Å²) in [7, 11) is 1.90. The van der Waals surface area contributed by atoms with E-state index in [1.165, 1.54) is 30.6 Å². The minimum absolute atomic E-state index is 0.0523. The molecule has 1 aliphatic rings. The van der Waals surface area contributed by atoms with Gasteiger partial charge in [0.05, 0.1) is 17.1 Å². The number of carbonyl (C=O) groups excluding carboxylic acids is 2. The summed E-state index contributed by atoms with van der Waals surface area (Å²) in [4.78, 5) is 32.9. The summed E-state index contributed by atoms with van der Waals surface area (Å²) in [5, 5.41) is 11.4. The molecule has 3 aromatic rings. The molecule has 4 rings (SSSR count). The van der Waals surface area contributed by atoms with Gasteiger partial charge >= 0.3 is 0 Å². The van der Waals surface area contributed by atoms with E-state index in [-0.39, 0.29) is 18.2 Å². The van der Waals surface area contributed by atoms with Crippen LogP contribution in [0.1, 0.15) is 53.9 Å². The third-order valence-corrected chi connectivity index (χ3v) is 6.77. The van der Waals surface area contributed by atoms with Crippen LogP contribution in [0.4, 0.5) is 5.69 Å². The van der Waals surface area contributed by atoms with Gasteiger partial charge in [0.15, 0.2) is 4.96 Å². The number of anilines is 1. The second-order valence-corrected chi connectivity index (χ2v) is 8.52. The molecule has 1 fully saturated rings. The monoisotopic (exact) mass is 409 g/mol. The van der Waals surface area contributed by atoms with Gasteiger partial charge in [-0.15, -0.1) is 0 Å². The van der Waals surface area contributed by atoms with Gasteiger partial charge in [-0.3, -0.25) is 14.0 Å². The number of nitrogens with zero attached hydrogens (tertiary/aromatic N) is 4. The van der Waals surface area contributed by atoms with Gasteiger partial charge in [-0.05, 0) is 38.0 Å². The number of rotatable bonds is 4. The normalized spacial score (nSPS) is 14.8. The van der Waals surface area contributed by atoms with Crippen LogP contribution >= 0.6 is 11.3 Å². The number of aromatic nitrogens is 2. The van der Waals surface area contributed by atoms with Gasteiger partial charge in [-0.2, -0.15) is 5.26 Å². The number of fused-ring (bicyclic) bond motifs is 3. The highest BCUT2D eigenvalue weighted by molar-refractivity contribution is 7.19. The van der Waals surface area contributed by atoms with E-state index < -0.39 is 0 Å². The van der Waals surface area contributed by atoms with Gasteiger partial charge in [-0.1, -0.05) is 30.6 Å². The molecule has 29 heavy (non-hydrogen) atoms. The summed E-state index contributed by atoms with van der Waals surface area (Å²) < 4.78 is 1.97. The minimum atomic E-state index is -0.348. The molecule has 1 aliphatic carbocycles. The van der Waals surface area contributed by atoms with Crippen LogP contribution in [0.5, 0.6) is 0 Å². The maximum absolute atomic E-state index is 13.2. The first-order chi connectivity index (χ1) is 14.0. The van der Waals surface area contributed by atoms with Crippen LogP contribution in [0.2, 0.25) is 0 Å². The van der Waals surface area contributed by atoms with Gasteiger partial charge in [0.1, 0.15) is 11.3 Å². The van der Waals surface area contributed by atoms with E-state index in [0.717, 1.165) is 34.5 Å². The fourth-order valence-electron chi connectivity index (χ4n) is 4.06. The number of hydrogen-bond acceptors (Lipinski definition) is 5. The number of nitrogens with one attached hydrogen (secondary N) is 1. The Kier molecular flexibility index (Phi) is 5.24. The van der Waals surface area contributed by atoms with E-state index in [0.29, 0.717) is 16.6 Å². The Balaban J connectivity index is 1.68. The standard InChI is InChI=1S/C21H23N5O2S/c1-13-19(20(28)25(2)15-6-4-3-5-7-15)29-21-24-16-9-8-14(12-17(16)26(13)21)23-18(27)10-11-22/h8-9,12,15H,3-7,10H2,1-2H3,(H,23,27). The summed E-state index contributed by atoms with van der Waals surface area (Å²) in [5.41, 5.74) is 3.11. The maximum Gasteiger partial charge on any atom is 0.265 e. The molecule has 1 saturated carbocycles. The Morgan fingerprint density at radius 1 is 1.34 bits per heavy atom. The molecule has 0 aliphatic heterocycles. The van der Waals surface area contributed by atoms with Crippen molar-refractivity contribution in [1.29, 1.82) is 5.26 Å². The molecule has 0 spiro atoms. The van der Waals surface area contributed by atoms with E-state index in [2.05, 4.69) is 10.3 Å². The van der Waals surface area contributed by atoms with Crippen molar-refractivity contribution in [2.75, 3.05) is 12.4 Å². The molecule has 0 unspecified atom stereocenters. The van der Waals surface area contributed by atoms with Crippen LogP contribution in [0.25, 0.3) is 16.0 Å². The van der Waals surface area contributed by atoms with Crippen molar-refractivity contribution in [1.82, 2.24) is 14.3 Å². The van der Waals surface area contributed by atoms with Gasteiger partial charge in [0, 0.05) is 24.5 Å². The highest BCUT2D eigenvalue weighted by Gasteiger charge is 2.27. The third kappa shape index (κ3) is 3.58. The van der Waals surface area contributed by atoms with E-state index in [1.54, 1.807) is 6.07 Å². The molecule has 0 atom stereocenters. The number of thiazole rings is 1. The fourth-order valence-corrected chi connectivity index (χ4v) is 5.18. The summed E-state index contributed by atoms with van der Waals surface area (Å²) in [6, 6.07) is 7.60. The van der Waals surface area contributed by atoms with Crippen molar-refractivity contribution in [3.63, 3.8) is 0 Å². The topological polar surface area (TPSA) is 90.5 Å². The molecule has 2 heterocycles. The van der Waals surface area contributed by atoms with Crippen LogP contribution < -0.4 is 5.32 Å². The van der Waals surface area contributed by atoms with E-state index >= 15 is 0 Å². The zero-order valence-electron chi connectivity index (χ0n) is 16.6. The Morgan fingerprint density at radius 2 is 2.10 bits per heavy atom. The zero-order chi connectivity index (χ0) is 20.5. The van der Waals surface area contributed by atoms with Crippen molar-refractivity contribution >= 4 is 44.8 Å². The number of amides is 2. The van der Waals surface area contributed by atoms with Gasteiger partial charge < -0.3 is 10.2 Å². The van der Waals surface area contributed by atoms with Crippen LogP contribution in [0.3, 0.4) is 0 Å². The first-order valence-corrected chi connectivity index (χ1v) is 10.7. The average Bonchev–Trinajstić information content (AvgIpc) is 3.24. The molecule has 1 aromatic carbocycles. The second-order valence-electron chi connectivity index (χ2n) is 7.54. The van der Waals surface area contributed by atoms with Gasteiger partial charge in [0.2, 0.25) is 5.91 Å². The van der Waals surface area contributed by atoms with Crippen LogP contribution in [-0.2, 0) is 4.79 Å². The van der Waals surface area contributed by atoms with Crippen LogP contribution in [0.15, 0.2) is 18.2 Å². The SMILES string of the molecule is Cc1c(C(=O)N(C)C2CCCCC2)sc2nc3ccc(NC(=O)CC#N)cc3n12. The molecular formula is C21H23N5O2S. The van der Waals surface area contributed by atoms with E-state index in [4.69, 9.17) is 5.26 Å². The first-order valence-electron chi connectivity index (χ1n) is 9.85. The Labute approximate surface area is 172 Å². The molecule has 2 aromatic heterocycles. The highest BCUT2D eigenvalue weighted by Crippen LogP contribution is 2.31. The third-order valence-electron chi connectivity index (χ3n) is 5.64. The van der Waals surface area contributed by atoms with Crippen molar-refractivity contribution in [2.45, 2.75) is 51.5 Å². The summed E-state index contributed by atoms with van der Waals surface area (Å²) >= 11 is 1.41. The van der Waals surface area contributed by atoms with Crippen molar-refractivity contribution in [3.05, 3.63) is 28.8 Å². The lowest BCUT2D eigenvalue weighted by molar-refractivity contribution is -0.115. The smallest absolute Gasteiger partial charge is 0.265 e. The maximum atomic E-state index is 13.2. The Bertz CT molecular complexity index is 1130. The highest BCUT2D eigenvalue weighted by atomic mass is 32.1. The molecule has 8 heteroatoms. The van der Waals surface area contributed by atoms with E-state index in [1.807, 2.05) is 41.5 Å². The lowest BCUT2D eigenvalue weighted by atomic mass is 9.94. The van der Waals surface area contributed by atoms with Crippen LogP contribution in [0, 0.1) is 18.3 Å². The molecule has 0 saturated heterocycles. The van der Waals surface area contributed by atoms with Crippen LogP contribution in [-0.4, -0.2) is 39.2 Å². The zero-order valence-corrected chi connectivity index (χ0v) is 17.4. The molecule has 1 N–H and O–H groups in total. The lowest BCUT2D eigenvalue weighted by Crippen LogP contribution is -2.38. The molecule has 150 valence electrons. The summed E-state index contributed by atoms with van der Waals surface area (Å²) in [6.07, 6.45) is 5.56. The van der Waals surface area contributed by atoms with Crippen molar-refractivity contribution in [2.24, 2.45) is 0 Å². The number of carbonyl (C=O) groups is 2. The predicted octanol–water partition coefficient (Wildman–Crippen LogP) is 4.11. The summed E-state index contributed by atoms with van der Waals surface area (Å²) in [5.74, 6) is -0.295. The van der Waals surface area contributed by atoms with Crippen molar-refractivity contribution < 1.29 is 9.59 Å². The largest absolute Gasteiger partial charge is 0.338 e. The molecular weight excluding hydrogens is 386 g/mol. The number of nitriles is 1. The molecule has 2 amide bonds. The number of imidazole rings is 1. The fraction of sp³-hybridized carbons (Fsp3) is 0.429. The Morgan fingerprint density at radius 3 is 2.83 bits per heavy atom. The molecule has 7 nitrogen and oxygen atoms in total. The lowest BCUT2D eigenvalue weighted by Gasteiger charge is -2.31. The predicted molar refractivity (Wildman–Crippen MR) is 113 cm³/mol.